The van der Waals surface area contributed by atoms with Gasteiger partial charge < -0.3 is 10.1 Å². The van der Waals surface area contributed by atoms with Gasteiger partial charge in [0.05, 0.1) is 6.61 Å². The Bertz CT molecular complexity index is 583. The molecule has 4 heteroatoms. The molecule has 0 saturated carbocycles. The average molecular weight is 352 g/mol. The SMILES string of the molecule is CNC(Cc1sccc1Br)C1COc2ccccc2C1. The van der Waals surface area contributed by atoms with Crippen LogP contribution in [0.1, 0.15) is 10.4 Å². The standard InChI is InChI=1S/C16H18BrNOS/c1-18-14(9-16-13(17)6-7-20-16)12-8-11-4-2-3-5-15(11)19-10-12/h2-7,12,14,18H,8-10H2,1H3. The lowest BCUT2D eigenvalue weighted by molar-refractivity contribution is 0.187. The lowest BCUT2D eigenvalue weighted by Crippen LogP contribution is -2.41. The van der Waals surface area contributed by atoms with Crippen molar-refractivity contribution in [2.24, 2.45) is 5.92 Å². The quantitative estimate of drug-likeness (QED) is 0.901. The van der Waals surface area contributed by atoms with E-state index in [9.17, 15) is 0 Å². The zero-order valence-electron chi connectivity index (χ0n) is 11.4. The smallest absolute Gasteiger partial charge is 0.122 e. The molecular weight excluding hydrogens is 334 g/mol. The van der Waals surface area contributed by atoms with Crippen molar-refractivity contribution < 1.29 is 4.74 Å². The molecule has 0 spiro atoms. The number of likely N-dealkylation sites (N-methyl/N-ethyl adjacent to an activating group) is 1. The zero-order chi connectivity index (χ0) is 13.9. The van der Waals surface area contributed by atoms with Crippen LogP contribution in [0.2, 0.25) is 0 Å². The first-order chi connectivity index (χ1) is 9.78. The van der Waals surface area contributed by atoms with Crippen LogP contribution in [-0.2, 0) is 12.8 Å². The molecule has 1 aromatic heterocycles. The molecule has 2 heterocycles. The van der Waals surface area contributed by atoms with Gasteiger partial charge in [0.2, 0.25) is 0 Å². The van der Waals surface area contributed by atoms with Gasteiger partial charge in [-0.15, -0.1) is 11.3 Å². The summed E-state index contributed by atoms with van der Waals surface area (Å²) >= 11 is 5.44. The van der Waals surface area contributed by atoms with Crippen molar-refractivity contribution in [1.82, 2.24) is 5.32 Å². The van der Waals surface area contributed by atoms with Crippen LogP contribution in [0, 0.1) is 5.92 Å². The minimum Gasteiger partial charge on any atom is -0.493 e. The van der Waals surface area contributed by atoms with Gasteiger partial charge in [-0.3, -0.25) is 0 Å². The van der Waals surface area contributed by atoms with E-state index in [1.54, 1.807) is 0 Å². The lowest BCUT2D eigenvalue weighted by Gasteiger charge is -2.31. The summed E-state index contributed by atoms with van der Waals surface area (Å²) in [4.78, 5) is 1.41. The van der Waals surface area contributed by atoms with E-state index in [0.29, 0.717) is 12.0 Å². The molecule has 2 unspecified atom stereocenters. The van der Waals surface area contributed by atoms with Crippen LogP contribution in [0.3, 0.4) is 0 Å². The number of nitrogens with one attached hydrogen (secondary N) is 1. The third-order valence-electron chi connectivity index (χ3n) is 3.94. The molecule has 1 N–H and O–H groups in total. The van der Waals surface area contributed by atoms with Gasteiger partial charge in [0.1, 0.15) is 5.75 Å². The maximum atomic E-state index is 5.92. The molecule has 0 amide bonds. The molecule has 2 nitrogen and oxygen atoms in total. The normalized spacial score (nSPS) is 19.2. The van der Waals surface area contributed by atoms with E-state index in [-0.39, 0.29) is 0 Å². The molecule has 2 atom stereocenters. The first-order valence-corrected chi connectivity index (χ1v) is 8.55. The van der Waals surface area contributed by atoms with E-state index in [1.807, 2.05) is 24.5 Å². The molecule has 1 aliphatic rings. The highest BCUT2D eigenvalue weighted by Gasteiger charge is 2.27. The van der Waals surface area contributed by atoms with Crippen molar-refractivity contribution in [3.05, 3.63) is 50.6 Å². The number of ether oxygens (including phenoxy) is 1. The molecule has 106 valence electrons. The molecule has 0 fully saturated rings. The Morgan fingerprint density at radius 1 is 1.40 bits per heavy atom. The van der Waals surface area contributed by atoms with Gasteiger partial charge in [0.25, 0.3) is 0 Å². The van der Waals surface area contributed by atoms with Crippen molar-refractivity contribution in [2.45, 2.75) is 18.9 Å². The summed E-state index contributed by atoms with van der Waals surface area (Å²) in [6, 6.07) is 10.9. The van der Waals surface area contributed by atoms with Crippen molar-refractivity contribution in [3.8, 4) is 5.75 Å². The summed E-state index contributed by atoms with van der Waals surface area (Å²) in [6.45, 7) is 0.797. The molecule has 20 heavy (non-hydrogen) atoms. The van der Waals surface area contributed by atoms with Crippen LogP contribution < -0.4 is 10.1 Å². The number of benzene rings is 1. The van der Waals surface area contributed by atoms with E-state index in [2.05, 4.69) is 50.9 Å². The highest BCUT2D eigenvalue weighted by Crippen LogP contribution is 2.31. The van der Waals surface area contributed by atoms with Gasteiger partial charge in [0.15, 0.2) is 0 Å². The summed E-state index contributed by atoms with van der Waals surface area (Å²) in [5.74, 6) is 1.57. The predicted octanol–water partition coefficient (Wildman–Crippen LogP) is 3.89. The lowest BCUT2D eigenvalue weighted by atomic mass is 9.88. The number of rotatable bonds is 4. The van der Waals surface area contributed by atoms with Crippen molar-refractivity contribution in [3.63, 3.8) is 0 Å². The minimum atomic E-state index is 0.443. The average Bonchev–Trinajstić information content (AvgIpc) is 2.89. The monoisotopic (exact) mass is 351 g/mol. The second-order valence-electron chi connectivity index (χ2n) is 5.17. The Kier molecular flexibility index (Phi) is 4.44. The number of para-hydroxylation sites is 1. The topological polar surface area (TPSA) is 21.3 Å². The van der Waals surface area contributed by atoms with Crippen LogP contribution in [0.25, 0.3) is 0 Å². The molecule has 3 rings (SSSR count). The predicted molar refractivity (Wildman–Crippen MR) is 87.7 cm³/mol. The van der Waals surface area contributed by atoms with Crippen molar-refractivity contribution in [2.75, 3.05) is 13.7 Å². The van der Waals surface area contributed by atoms with Gasteiger partial charge in [-0.05, 0) is 58.9 Å². The Hall–Kier alpha value is -0.840. The largest absolute Gasteiger partial charge is 0.493 e. The zero-order valence-corrected chi connectivity index (χ0v) is 13.8. The summed E-state index contributed by atoms with van der Waals surface area (Å²) in [5, 5.41) is 5.61. The van der Waals surface area contributed by atoms with E-state index in [1.165, 1.54) is 14.9 Å². The second-order valence-corrected chi connectivity index (χ2v) is 7.03. The Balaban J connectivity index is 1.73. The maximum Gasteiger partial charge on any atom is 0.122 e. The Morgan fingerprint density at radius 3 is 3.00 bits per heavy atom. The molecule has 0 bridgehead atoms. The minimum absolute atomic E-state index is 0.443. The van der Waals surface area contributed by atoms with E-state index in [4.69, 9.17) is 4.74 Å². The Labute approximate surface area is 132 Å². The van der Waals surface area contributed by atoms with Crippen LogP contribution in [-0.4, -0.2) is 19.7 Å². The highest BCUT2D eigenvalue weighted by atomic mass is 79.9. The fourth-order valence-corrected chi connectivity index (χ4v) is 4.36. The number of halogens is 1. The molecule has 1 aliphatic heterocycles. The van der Waals surface area contributed by atoms with Gasteiger partial charge >= 0.3 is 0 Å². The number of fused-ring (bicyclic) bond motifs is 1. The summed E-state index contributed by atoms with van der Waals surface area (Å²) in [6.07, 6.45) is 2.13. The number of hydrogen-bond donors (Lipinski definition) is 1. The van der Waals surface area contributed by atoms with Crippen molar-refractivity contribution in [1.29, 1.82) is 0 Å². The molecule has 0 aliphatic carbocycles. The van der Waals surface area contributed by atoms with Gasteiger partial charge in [0, 0.05) is 21.3 Å². The molecule has 1 aromatic carbocycles. The molecule has 2 aromatic rings. The summed E-state index contributed by atoms with van der Waals surface area (Å²) < 4.78 is 7.14. The number of thiophene rings is 1. The second kappa shape index (κ2) is 6.29. The summed E-state index contributed by atoms with van der Waals surface area (Å²) in [5.41, 5.74) is 1.33. The van der Waals surface area contributed by atoms with Gasteiger partial charge in [-0.25, -0.2) is 0 Å². The maximum absolute atomic E-state index is 5.92. The third-order valence-corrected chi connectivity index (χ3v) is 5.89. The van der Waals surface area contributed by atoms with E-state index in [0.717, 1.165) is 25.2 Å². The van der Waals surface area contributed by atoms with Crippen LogP contribution >= 0.6 is 27.3 Å². The Morgan fingerprint density at radius 2 is 2.25 bits per heavy atom. The third kappa shape index (κ3) is 2.92. The van der Waals surface area contributed by atoms with Gasteiger partial charge in [-0.2, -0.15) is 0 Å². The van der Waals surface area contributed by atoms with Crippen LogP contribution in [0.4, 0.5) is 0 Å². The highest BCUT2D eigenvalue weighted by molar-refractivity contribution is 9.10. The number of hydrogen-bond acceptors (Lipinski definition) is 3. The summed E-state index contributed by atoms with van der Waals surface area (Å²) in [7, 11) is 2.05. The first-order valence-electron chi connectivity index (χ1n) is 6.87. The van der Waals surface area contributed by atoms with E-state index >= 15 is 0 Å². The van der Waals surface area contributed by atoms with Crippen LogP contribution in [0.15, 0.2) is 40.2 Å². The van der Waals surface area contributed by atoms with Gasteiger partial charge in [-0.1, -0.05) is 18.2 Å². The molecular formula is C16H18BrNOS. The fourth-order valence-electron chi connectivity index (χ4n) is 2.78. The van der Waals surface area contributed by atoms with Crippen molar-refractivity contribution >= 4 is 27.3 Å². The molecule has 0 saturated heterocycles. The van der Waals surface area contributed by atoms with Crippen LogP contribution in [0.5, 0.6) is 5.75 Å². The molecule has 0 radical (unpaired) electrons. The first kappa shape index (κ1) is 14.1. The van der Waals surface area contributed by atoms with E-state index < -0.39 is 0 Å². The fraction of sp³-hybridized carbons (Fsp3) is 0.375.